The number of aromatic nitrogens is 2. The fourth-order valence-corrected chi connectivity index (χ4v) is 3.02. The summed E-state index contributed by atoms with van der Waals surface area (Å²) in [5, 5.41) is 7.14. The van der Waals surface area contributed by atoms with Crippen molar-refractivity contribution in [2.24, 2.45) is 0 Å². The highest BCUT2D eigenvalue weighted by Crippen LogP contribution is 2.28. The van der Waals surface area contributed by atoms with E-state index in [0.29, 0.717) is 12.5 Å². The van der Waals surface area contributed by atoms with Crippen molar-refractivity contribution >= 4 is 5.91 Å². The summed E-state index contributed by atoms with van der Waals surface area (Å²) in [6, 6.07) is 18.0. The second kappa shape index (κ2) is 9.74. The van der Waals surface area contributed by atoms with Crippen molar-refractivity contribution in [3.05, 3.63) is 78.1 Å². The van der Waals surface area contributed by atoms with E-state index in [-0.39, 0.29) is 12.5 Å². The Morgan fingerprint density at radius 3 is 2.64 bits per heavy atom. The van der Waals surface area contributed by atoms with Gasteiger partial charge in [-0.15, -0.1) is 0 Å². The molecule has 0 aliphatic rings. The summed E-state index contributed by atoms with van der Waals surface area (Å²) in [6.45, 7) is 4.93. The summed E-state index contributed by atoms with van der Waals surface area (Å²) < 4.78 is 7.58. The number of carbonyl (C=O) groups excluding carboxylic acids is 1. The van der Waals surface area contributed by atoms with Crippen LogP contribution >= 0.6 is 0 Å². The van der Waals surface area contributed by atoms with Crippen LogP contribution in [-0.2, 0) is 11.2 Å². The topological polar surface area (TPSA) is 56.1 Å². The third-order valence-corrected chi connectivity index (χ3v) is 4.86. The zero-order valence-electron chi connectivity index (χ0n) is 16.5. The van der Waals surface area contributed by atoms with Crippen molar-refractivity contribution in [3.8, 4) is 11.4 Å². The molecule has 0 aliphatic heterocycles. The standard InChI is InChI=1S/C23H27N3O2/c1-3-18(2)21-7-4-5-8-22(21)28-17-23(27)24-15-13-19-9-11-20(12-10-19)26-16-6-14-25-26/h4-12,14,16,18H,3,13,15,17H2,1-2H3,(H,24,27). The van der Waals surface area contributed by atoms with Gasteiger partial charge >= 0.3 is 0 Å². The van der Waals surface area contributed by atoms with E-state index in [1.807, 2.05) is 47.3 Å². The van der Waals surface area contributed by atoms with Gasteiger partial charge in [-0.2, -0.15) is 5.10 Å². The molecular formula is C23H27N3O2. The van der Waals surface area contributed by atoms with E-state index in [2.05, 4.69) is 42.5 Å². The summed E-state index contributed by atoms with van der Waals surface area (Å²) in [5.41, 5.74) is 3.33. The van der Waals surface area contributed by atoms with Crippen LogP contribution < -0.4 is 10.1 Å². The summed E-state index contributed by atoms with van der Waals surface area (Å²) in [7, 11) is 0. The van der Waals surface area contributed by atoms with Crippen LogP contribution in [0.25, 0.3) is 5.69 Å². The molecule has 0 radical (unpaired) electrons. The van der Waals surface area contributed by atoms with Gasteiger partial charge in [0.25, 0.3) is 5.91 Å². The molecule has 1 N–H and O–H groups in total. The zero-order valence-corrected chi connectivity index (χ0v) is 16.5. The lowest BCUT2D eigenvalue weighted by atomic mass is 9.98. The fourth-order valence-electron chi connectivity index (χ4n) is 3.02. The predicted molar refractivity (Wildman–Crippen MR) is 111 cm³/mol. The molecule has 0 aliphatic carbocycles. The summed E-state index contributed by atoms with van der Waals surface area (Å²) in [4.78, 5) is 12.1. The van der Waals surface area contributed by atoms with E-state index >= 15 is 0 Å². The number of amides is 1. The maximum Gasteiger partial charge on any atom is 0.257 e. The Hall–Kier alpha value is -3.08. The minimum atomic E-state index is -0.105. The Morgan fingerprint density at radius 2 is 1.93 bits per heavy atom. The lowest BCUT2D eigenvalue weighted by Gasteiger charge is -2.15. The van der Waals surface area contributed by atoms with Crippen LogP contribution in [0.5, 0.6) is 5.75 Å². The molecule has 3 rings (SSSR count). The Bertz CT molecular complexity index is 873. The molecule has 2 aromatic carbocycles. The van der Waals surface area contributed by atoms with Crippen molar-refractivity contribution in [2.75, 3.05) is 13.2 Å². The van der Waals surface area contributed by atoms with E-state index in [4.69, 9.17) is 4.74 Å². The van der Waals surface area contributed by atoms with Gasteiger partial charge in [0.05, 0.1) is 5.69 Å². The molecule has 1 amide bonds. The van der Waals surface area contributed by atoms with Gasteiger partial charge in [-0.1, -0.05) is 44.2 Å². The van der Waals surface area contributed by atoms with Crippen LogP contribution in [0.15, 0.2) is 67.0 Å². The summed E-state index contributed by atoms with van der Waals surface area (Å²) >= 11 is 0. The normalized spacial score (nSPS) is 11.8. The number of hydrogen-bond donors (Lipinski definition) is 1. The number of nitrogens with one attached hydrogen (secondary N) is 1. The summed E-state index contributed by atoms with van der Waals surface area (Å²) in [6.07, 6.45) is 5.47. The maximum atomic E-state index is 12.1. The van der Waals surface area contributed by atoms with E-state index < -0.39 is 0 Å². The average Bonchev–Trinajstić information content (AvgIpc) is 3.27. The van der Waals surface area contributed by atoms with Crippen LogP contribution in [0.2, 0.25) is 0 Å². The minimum Gasteiger partial charge on any atom is -0.483 e. The van der Waals surface area contributed by atoms with Crippen LogP contribution in [0.1, 0.15) is 37.3 Å². The van der Waals surface area contributed by atoms with E-state index in [1.165, 1.54) is 5.56 Å². The van der Waals surface area contributed by atoms with E-state index in [9.17, 15) is 4.79 Å². The Morgan fingerprint density at radius 1 is 1.14 bits per heavy atom. The van der Waals surface area contributed by atoms with Gasteiger partial charge in [-0.05, 0) is 54.2 Å². The number of nitrogens with zero attached hydrogens (tertiary/aromatic N) is 2. The predicted octanol–water partition coefficient (Wildman–Crippen LogP) is 4.12. The van der Waals surface area contributed by atoms with Gasteiger partial charge in [0, 0.05) is 18.9 Å². The molecule has 0 spiro atoms. The van der Waals surface area contributed by atoms with Crippen LogP contribution in [-0.4, -0.2) is 28.8 Å². The molecule has 1 atom stereocenters. The fraction of sp³-hybridized carbons (Fsp3) is 0.304. The Labute approximate surface area is 166 Å². The highest BCUT2D eigenvalue weighted by molar-refractivity contribution is 5.77. The molecule has 3 aromatic rings. The molecule has 28 heavy (non-hydrogen) atoms. The highest BCUT2D eigenvalue weighted by atomic mass is 16.5. The summed E-state index contributed by atoms with van der Waals surface area (Å²) in [5.74, 6) is 1.09. The van der Waals surface area contributed by atoms with Gasteiger partial charge in [-0.3, -0.25) is 4.79 Å². The molecule has 1 aromatic heterocycles. The van der Waals surface area contributed by atoms with Crippen molar-refractivity contribution in [1.82, 2.24) is 15.1 Å². The molecule has 5 nitrogen and oxygen atoms in total. The quantitative estimate of drug-likeness (QED) is 0.610. The molecule has 5 heteroatoms. The van der Waals surface area contributed by atoms with Gasteiger partial charge in [-0.25, -0.2) is 4.68 Å². The lowest BCUT2D eigenvalue weighted by Crippen LogP contribution is -2.30. The largest absolute Gasteiger partial charge is 0.483 e. The van der Waals surface area contributed by atoms with Gasteiger partial charge in [0.2, 0.25) is 0 Å². The van der Waals surface area contributed by atoms with E-state index in [0.717, 1.165) is 29.8 Å². The molecule has 0 bridgehead atoms. The molecule has 1 heterocycles. The SMILES string of the molecule is CCC(C)c1ccccc1OCC(=O)NCCc1ccc(-n2cccn2)cc1. The van der Waals surface area contributed by atoms with Gasteiger partial charge < -0.3 is 10.1 Å². The monoisotopic (exact) mass is 377 g/mol. The molecular weight excluding hydrogens is 350 g/mol. The van der Waals surface area contributed by atoms with Gasteiger partial charge in [0.15, 0.2) is 6.61 Å². The maximum absolute atomic E-state index is 12.1. The van der Waals surface area contributed by atoms with Crippen molar-refractivity contribution in [2.45, 2.75) is 32.6 Å². The molecule has 1 unspecified atom stereocenters. The molecule has 0 saturated heterocycles. The highest BCUT2D eigenvalue weighted by Gasteiger charge is 2.11. The number of hydrogen-bond acceptors (Lipinski definition) is 3. The third kappa shape index (κ3) is 5.22. The van der Waals surface area contributed by atoms with Crippen LogP contribution in [0.3, 0.4) is 0 Å². The Kier molecular flexibility index (Phi) is 6.84. The number of ether oxygens (including phenoxy) is 1. The molecule has 0 fully saturated rings. The first-order chi connectivity index (χ1) is 13.7. The molecule has 0 saturated carbocycles. The second-order valence-electron chi connectivity index (χ2n) is 6.85. The number of rotatable bonds is 9. The van der Waals surface area contributed by atoms with Crippen molar-refractivity contribution in [1.29, 1.82) is 0 Å². The van der Waals surface area contributed by atoms with E-state index in [1.54, 1.807) is 6.20 Å². The number of benzene rings is 2. The Balaban J connectivity index is 1.44. The smallest absolute Gasteiger partial charge is 0.257 e. The van der Waals surface area contributed by atoms with Crippen molar-refractivity contribution < 1.29 is 9.53 Å². The average molecular weight is 377 g/mol. The first kappa shape index (κ1) is 19.7. The van der Waals surface area contributed by atoms with Gasteiger partial charge in [0.1, 0.15) is 5.75 Å². The zero-order chi connectivity index (χ0) is 19.8. The van der Waals surface area contributed by atoms with Crippen LogP contribution in [0.4, 0.5) is 0 Å². The minimum absolute atomic E-state index is 0.0334. The second-order valence-corrected chi connectivity index (χ2v) is 6.85. The number of carbonyl (C=O) groups is 1. The lowest BCUT2D eigenvalue weighted by molar-refractivity contribution is -0.123. The molecule has 146 valence electrons. The first-order valence-electron chi connectivity index (χ1n) is 9.74. The van der Waals surface area contributed by atoms with Crippen molar-refractivity contribution in [3.63, 3.8) is 0 Å². The number of para-hydroxylation sites is 1. The third-order valence-electron chi connectivity index (χ3n) is 4.86. The van der Waals surface area contributed by atoms with Crippen LogP contribution in [0, 0.1) is 0 Å². The first-order valence-corrected chi connectivity index (χ1v) is 9.74.